The van der Waals surface area contributed by atoms with Gasteiger partial charge in [0.25, 0.3) is 5.91 Å². The third kappa shape index (κ3) is 4.51. The quantitative estimate of drug-likeness (QED) is 0.772. The second kappa shape index (κ2) is 8.07. The summed E-state index contributed by atoms with van der Waals surface area (Å²) in [7, 11) is 0. The van der Waals surface area contributed by atoms with Gasteiger partial charge in [-0.05, 0) is 12.5 Å². The summed E-state index contributed by atoms with van der Waals surface area (Å²) in [4.78, 5) is 20.1. The zero-order valence-electron chi connectivity index (χ0n) is 12.5. The monoisotopic (exact) mass is 302 g/mol. The smallest absolute Gasteiger partial charge is 0.271 e. The summed E-state index contributed by atoms with van der Waals surface area (Å²) in [6.45, 7) is 3.05. The van der Waals surface area contributed by atoms with Gasteiger partial charge in [0, 0.05) is 18.7 Å². The third-order valence-corrected chi connectivity index (χ3v) is 3.12. The number of anilines is 1. The van der Waals surface area contributed by atoms with Crippen molar-refractivity contribution in [3.63, 3.8) is 0 Å². The Balaban J connectivity index is 1.88. The molecule has 0 aliphatic heterocycles. The number of carbonyl (C=O) groups is 1. The maximum absolute atomic E-state index is 13.5. The highest BCUT2D eigenvalue weighted by Gasteiger charge is 2.09. The second-order valence-corrected chi connectivity index (χ2v) is 4.84. The van der Waals surface area contributed by atoms with E-state index in [0.717, 1.165) is 19.4 Å². The molecule has 0 fully saturated rings. The number of unbranched alkanes of at least 4 members (excludes halogenated alkanes) is 1. The van der Waals surface area contributed by atoms with Crippen LogP contribution < -0.4 is 10.6 Å². The van der Waals surface area contributed by atoms with Crippen LogP contribution in [0.4, 0.5) is 10.2 Å². The van der Waals surface area contributed by atoms with Gasteiger partial charge in [-0.25, -0.2) is 14.4 Å². The normalized spacial score (nSPS) is 10.3. The van der Waals surface area contributed by atoms with Crippen LogP contribution in [-0.4, -0.2) is 22.4 Å². The van der Waals surface area contributed by atoms with Crippen LogP contribution in [0.5, 0.6) is 0 Å². The zero-order valence-corrected chi connectivity index (χ0v) is 12.5. The molecular formula is C16H19FN4O. The highest BCUT2D eigenvalue weighted by Crippen LogP contribution is 2.06. The van der Waals surface area contributed by atoms with E-state index in [1.165, 1.54) is 18.5 Å². The molecule has 0 saturated carbocycles. The molecule has 2 N–H and O–H groups in total. The van der Waals surface area contributed by atoms with Crippen molar-refractivity contribution < 1.29 is 9.18 Å². The zero-order chi connectivity index (χ0) is 15.8. The summed E-state index contributed by atoms with van der Waals surface area (Å²) in [5, 5.41) is 5.75. The summed E-state index contributed by atoms with van der Waals surface area (Å²) in [6.07, 6.45) is 5.07. The molecule has 1 aromatic carbocycles. The van der Waals surface area contributed by atoms with Crippen molar-refractivity contribution in [2.24, 2.45) is 0 Å². The molecule has 1 amide bonds. The number of amides is 1. The Bertz CT molecular complexity index is 616. The lowest BCUT2D eigenvalue weighted by atomic mass is 10.2. The van der Waals surface area contributed by atoms with Crippen LogP contribution in [-0.2, 0) is 6.54 Å². The molecule has 0 atom stereocenters. The first-order valence-electron chi connectivity index (χ1n) is 7.28. The molecular weight excluding hydrogens is 283 g/mol. The van der Waals surface area contributed by atoms with Gasteiger partial charge in [0.15, 0.2) is 0 Å². The molecule has 0 aliphatic rings. The molecule has 0 radical (unpaired) electrons. The molecule has 2 rings (SSSR count). The number of benzene rings is 1. The second-order valence-electron chi connectivity index (χ2n) is 4.84. The van der Waals surface area contributed by atoms with Gasteiger partial charge in [0.2, 0.25) is 0 Å². The standard InChI is InChI=1S/C16H19FN4O/c1-2-3-8-18-15-11-19-14(10-20-15)16(22)21-9-12-6-4-5-7-13(12)17/h4-7,10-11H,2-3,8-9H2,1H3,(H,18,20)(H,21,22). The number of hydrogen-bond donors (Lipinski definition) is 2. The molecule has 0 bridgehead atoms. The van der Waals surface area contributed by atoms with Gasteiger partial charge >= 0.3 is 0 Å². The van der Waals surface area contributed by atoms with Crippen molar-refractivity contribution >= 4 is 11.7 Å². The van der Waals surface area contributed by atoms with E-state index in [2.05, 4.69) is 27.5 Å². The van der Waals surface area contributed by atoms with E-state index in [1.807, 2.05) is 0 Å². The molecule has 5 nitrogen and oxygen atoms in total. The fourth-order valence-corrected chi connectivity index (χ4v) is 1.84. The molecule has 6 heteroatoms. The van der Waals surface area contributed by atoms with Gasteiger partial charge in [-0.3, -0.25) is 4.79 Å². The highest BCUT2D eigenvalue weighted by atomic mass is 19.1. The van der Waals surface area contributed by atoms with Gasteiger partial charge in [0.05, 0.1) is 12.4 Å². The van der Waals surface area contributed by atoms with Crippen molar-refractivity contribution in [1.29, 1.82) is 0 Å². The number of halogens is 1. The number of hydrogen-bond acceptors (Lipinski definition) is 4. The van der Waals surface area contributed by atoms with Crippen LogP contribution in [0, 0.1) is 5.82 Å². The minimum absolute atomic E-state index is 0.115. The van der Waals surface area contributed by atoms with Crippen LogP contribution in [0.1, 0.15) is 35.8 Å². The maximum Gasteiger partial charge on any atom is 0.271 e. The molecule has 116 valence electrons. The lowest BCUT2D eigenvalue weighted by Crippen LogP contribution is -2.24. The average Bonchev–Trinajstić information content (AvgIpc) is 2.55. The molecule has 0 spiro atoms. The van der Waals surface area contributed by atoms with Crippen molar-refractivity contribution in [2.75, 3.05) is 11.9 Å². The largest absolute Gasteiger partial charge is 0.369 e. The third-order valence-electron chi connectivity index (χ3n) is 3.12. The summed E-state index contributed by atoms with van der Waals surface area (Å²) in [5.74, 6) is -0.0840. The maximum atomic E-state index is 13.5. The highest BCUT2D eigenvalue weighted by molar-refractivity contribution is 5.91. The minimum atomic E-state index is -0.379. The van der Waals surface area contributed by atoms with E-state index in [9.17, 15) is 9.18 Å². The molecule has 0 unspecified atom stereocenters. The van der Waals surface area contributed by atoms with E-state index in [1.54, 1.807) is 18.2 Å². The Hall–Kier alpha value is -2.50. The van der Waals surface area contributed by atoms with Crippen LogP contribution in [0.15, 0.2) is 36.7 Å². The van der Waals surface area contributed by atoms with Gasteiger partial charge in [-0.15, -0.1) is 0 Å². The number of aromatic nitrogens is 2. The lowest BCUT2D eigenvalue weighted by Gasteiger charge is -2.07. The first-order valence-corrected chi connectivity index (χ1v) is 7.28. The van der Waals surface area contributed by atoms with E-state index in [4.69, 9.17) is 0 Å². The first-order chi connectivity index (χ1) is 10.7. The number of nitrogens with zero attached hydrogens (tertiary/aromatic N) is 2. The van der Waals surface area contributed by atoms with E-state index in [-0.39, 0.29) is 24.0 Å². The fraction of sp³-hybridized carbons (Fsp3) is 0.312. The van der Waals surface area contributed by atoms with Gasteiger partial charge in [-0.1, -0.05) is 31.5 Å². The molecule has 1 heterocycles. The van der Waals surface area contributed by atoms with Crippen LogP contribution in [0.3, 0.4) is 0 Å². The molecule has 0 aliphatic carbocycles. The number of nitrogens with one attached hydrogen (secondary N) is 2. The molecule has 0 saturated heterocycles. The lowest BCUT2D eigenvalue weighted by molar-refractivity contribution is 0.0945. The van der Waals surface area contributed by atoms with Gasteiger partial charge in [0.1, 0.15) is 17.3 Å². The summed E-state index contributed by atoms with van der Waals surface area (Å²) in [6, 6.07) is 6.32. The summed E-state index contributed by atoms with van der Waals surface area (Å²) < 4.78 is 13.5. The topological polar surface area (TPSA) is 66.9 Å². The molecule has 22 heavy (non-hydrogen) atoms. The Kier molecular flexibility index (Phi) is 5.82. The Labute approximate surface area is 129 Å². The number of rotatable bonds is 7. The predicted octanol–water partition coefficient (Wildman–Crippen LogP) is 2.76. The van der Waals surface area contributed by atoms with E-state index < -0.39 is 0 Å². The Morgan fingerprint density at radius 2 is 2.05 bits per heavy atom. The predicted molar refractivity (Wildman–Crippen MR) is 83.0 cm³/mol. The van der Waals surface area contributed by atoms with Crippen LogP contribution in [0.25, 0.3) is 0 Å². The van der Waals surface area contributed by atoms with Crippen molar-refractivity contribution in [2.45, 2.75) is 26.3 Å². The SMILES string of the molecule is CCCCNc1cnc(C(=O)NCc2ccccc2F)cn1. The summed E-state index contributed by atoms with van der Waals surface area (Å²) >= 11 is 0. The Morgan fingerprint density at radius 3 is 2.73 bits per heavy atom. The van der Waals surface area contributed by atoms with E-state index >= 15 is 0 Å². The minimum Gasteiger partial charge on any atom is -0.369 e. The van der Waals surface area contributed by atoms with Crippen LogP contribution >= 0.6 is 0 Å². The van der Waals surface area contributed by atoms with Crippen molar-refractivity contribution in [1.82, 2.24) is 15.3 Å². The van der Waals surface area contributed by atoms with Crippen LogP contribution in [0.2, 0.25) is 0 Å². The molecule has 1 aromatic heterocycles. The van der Waals surface area contributed by atoms with Gasteiger partial charge < -0.3 is 10.6 Å². The summed E-state index contributed by atoms with van der Waals surface area (Å²) in [5.41, 5.74) is 0.638. The van der Waals surface area contributed by atoms with E-state index in [0.29, 0.717) is 11.4 Å². The average molecular weight is 302 g/mol. The van der Waals surface area contributed by atoms with Crippen molar-refractivity contribution in [3.8, 4) is 0 Å². The molecule has 2 aromatic rings. The fourth-order valence-electron chi connectivity index (χ4n) is 1.84. The Morgan fingerprint density at radius 1 is 1.23 bits per heavy atom. The number of carbonyl (C=O) groups excluding carboxylic acids is 1. The van der Waals surface area contributed by atoms with Crippen molar-refractivity contribution in [3.05, 3.63) is 53.7 Å². The first kappa shape index (κ1) is 15.9. The van der Waals surface area contributed by atoms with Gasteiger partial charge in [-0.2, -0.15) is 0 Å².